The van der Waals surface area contributed by atoms with Gasteiger partial charge < -0.3 is 14.6 Å². The highest BCUT2D eigenvalue weighted by Gasteiger charge is 2.30. The fourth-order valence-corrected chi connectivity index (χ4v) is 4.50. The van der Waals surface area contributed by atoms with Crippen LogP contribution in [0.1, 0.15) is 37.9 Å². The summed E-state index contributed by atoms with van der Waals surface area (Å²) in [6.45, 7) is 8.70. The van der Waals surface area contributed by atoms with Crippen molar-refractivity contribution in [3.63, 3.8) is 0 Å². The number of nitrogens with one attached hydrogen (secondary N) is 1. The van der Waals surface area contributed by atoms with Crippen LogP contribution in [0.5, 0.6) is 5.75 Å². The first kappa shape index (κ1) is 17.4. The van der Waals surface area contributed by atoms with Gasteiger partial charge in [-0.25, -0.2) is 0 Å². The third-order valence-electron chi connectivity index (χ3n) is 5.87. The molecule has 1 saturated heterocycles. The third kappa shape index (κ3) is 3.32. The van der Waals surface area contributed by atoms with Gasteiger partial charge in [0.25, 0.3) is 0 Å². The van der Waals surface area contributed by atoms with Crippen LogP contribution >= 0.6 is 0 Å². The normalized spacial score (nSPS) is 20.2. The van der Waals surface area contributed by atoms with Gasteiger partial charge in [0.15, 0.2) is 0 Å². The summed E-state index contributed by atoms with van der Waals surface area (Å²) in [5, 5.41) is 1.18. The predicted molar refractivity (Wildman–Crippen MR) is 103 cm³/mol. The van der Waals surface area contributed by atoms with E-state index >= 15 is 0 Å². The first-order valence-electron chi connectivity index (χ1n) is 9.63. The number of hydrogen-bond donors (Lipinski definition) is 1. The van der Waals surface area contributed by atoms with Crippen molar-refractivity contribution in [1.82, 2.24) is 14.8 Å². The number of likely N-dealkylation sites (tertiary alicyclic amines) is 1. The number of methoxy groups -OCH3 is 1. The number of hydrogen-bond acceptors (Lipinski definition) is 3. The standard InChI is InChI=1S/C21H29N3O2/c1-21(2)8-4-9-23(14-21)13-20(25)24-10-7-19-17(12-24)16-11-15(26-3)5-6-18(16)22-19/h5-6,11,22H,4,7-10,12-14H2,1-3H3. The number of carbonyl (C=O) groups excluding carboxylic acids is 1. The van der Waals surface area contributed by atoms with E-state index in [-0.39, 0.29) is 5.91 Å². The average molecular weight is 355 g/mol. The quantitative estimate of drug-likeness (QED) is 0.920. The van der Waals surface area contributed by atoms with Crippen molar-refractivity contribution in [2.24, 2.45) is 5.41 Å². The van der Waals surface area contributed by atoms with Crippen LogP contribution in [0.3, 0.4) is 0 Å². The Balaban J connectivity index is 1.49. The molecule has 1 fully saturated rings. The molecule has 0 saturated carbocycles. The van der Waals surface area contributed by atoms with Crippen molar-refractivity contribution in [3.05, 3.63) is 29.5 Å². The molecular weight excluding hydrogens is 326 g/mol. The van der Waals surface area contributed by atoms with Crippen molar-refractivity contribution in [2.45, 2.75) is 39.7 Å². The zero-order valence-electron chi connectivity index (χ0n) is 16.1. The molecule has 2 aromatic rings. The van der Waals surface area contributed by atoms with E-state index in [0.717, 1.165) is 37.3 Å². The minimum absolute atomic E-state index is 0.255. The van der Waals surface area contributed by atoms with Crippen LogP contribution in [-0.2, 0) is 17.8 Å². The molecule has 26 heavy (non-hydrogen) atoms. The number of nitrogens with zero attached hydrogens (tertiary/aromatic N) is 2. The first-order chi connectivity index (χ1) is 12.4. The summed E-state index contributed by atoms with van der Waals surface area (Å²) >= 11 is 0. The smallest absolute Gasteiger partial charge is 0.237 e. The van der Waals surface area contributed by atoms with E-state index in [2.05, 4.69) is 35.9 Å². The molecule has 2 aliphatic heterocycles. The van der Waals surface area contributed by atoms with Crippen LogP contribution in [0, 0.1) is 5.41 Å². The molecule has 2 aliphatic rings. The highest BCUT2D eigenvalue weighted by molar-refractivity contribution is 5.87. The van der Waals surface area contributed by atoms with Gasteiger partial charge in [0.2, 0.25) is 5.91 Å². The fraction of sp³-hybridized carbons (Fsp3) is 0.571. The van der Waals surface area contributed by atoms with E-state index in [0.29, 0.717) is 18.5 Å². The first-order valence-corrected chi connectivity index (χ1v) is 9.63. The minimum Gasteiger partial charge on any atom is -0.497 e. The zero-order valence-corrected chi connectivity index (χ0v) is 16.1. The Morgan fingerprint density at radius 3 is 2.92 bits per heavy atom. The summed E-state index contributed by atoms with van der Waals surface area (Å²) in [7, 11) is 1.69. The van der Waals surface area contributed by atoms with Crippen LogP contribution in [0.15, 0.2) is 18.2 Å². The number of piperidine rings is 1. The highest BCUT2D eigenvalue weighted by Crippen LogP contribution is 2.31. The number of rotatable bonds is 3. The topological polar surface area (TPSA) is 48.6 Å². The van der Waals surface area contributed by atoms with E-state index < -0.39 is 0 Å². The SMILES string of the molecule is COc1ccc2[nH]c3c(c2c1)CN(C(=O)CN1CCCC(C)(C)C1)CC3. The molecule has 1 aromatic carbocycles. The van der Waals surface area contributed by atoms with E-state index in [4.69, 9.17) is 4.74 Å². The van der Waals surface area contributed by atoms with Gasteiger partial charge in [-0.05, 0) is 43.0 Å². The molecule has 3 heterocycles. The maximum absolute atomic E-state index is 12.9. The van der Waals surface area contributed by atoms with Crippen molar-refractivity contribution < 1.29 is 9.53 Å². The van der Waals surface area contributed by atoms with E-state index in [1.165, 1.54) is 29.5 Å². The second kappa shape index (κ2) is 6.62. The fourth-order valence-electron chi connectivity index (χ4n) is 4.50. The lowest BCUT2D eigenvalue weighted by atomic mass is 9.84. The molecule has 0 radical (unpaired) electrons. The second-order valence-corrected chi connectivity index (χ2v) is 8.54. The van der Waals surface area contributed by atoms with Crippen LogP contribution < -0.4 is 4.74 Å². The second-order valence-electron chi connectivity index (χ2n) is 8.54. The zero-order chi connectivity index (χ0) is 18.3. The van der Waals surface area contributed by atoms with E-state index in [1.807, 2.05) is 11.0 Å². The summed E-state index contributed by atoms with van der Waals surface area (Å²) in [5.74, 6) is 1.11. The molecule has 1 amide bonds. The van der Waals surface area contributed by atoms with Crippen LogP contribution in [-0.4, -0.2) is 54.0 Å². The number of ether oxygens (including phenoxy) is 1. The van der Waals surface area contributed by atoms with Gasteiger partial charge in [-0.15, -0.1) is 0 Å². The maximum atomic E-state index is 12.9. The molecule has 5 nitrogen and oxygen atoms in total. The molecule has 5 heteroatoms. The van der Waals surface area contributed by atoms with Gasteiger partial charge in [0, 0.05) is 48.2 Å². The van der Waals surface area contributed by atoms with Crippen molar-refractivity contribution in [1.29, 1.82) is 0 Å². The van der Waals surface area contributed by atoms with E-state index in [9.17, 15) is 4.79 Å². The monoisotopic (exact) mass is 355 g/mol. The summed E-state index contributed by atoms with van der Waals surface area (Å²) < 4.78 is 5.38. The van der Waals surface area contributed by atoms with Crippen molar-refractivity contribution in [2.75, 3.05) is 33.3 Å². The number of H-pyrrole nitrogens is 1. The molecule has 0 unspecified atom stereocenters. The van der Waals surface area contributed by atoms with Gasteiger partial charge >= 0.3 is 0 Å². The number of aromatic nitrogens is 1. The molecule has 0 atom stereocenters. The van der Waals surface area contributed by atoms with Crippen molar-refractivity contribution in [3.8, 4) is 5.75 Å². The van der Waals surface area contributed by atoms with Crippen molar-refractivity contribution >= 4 is 16.8 Å². The molecule has 1 aromatic heterocycles. The van der Waals surface area contributed by atoms with Crippen LogP contribution in [0.4, 0.5) is 0 Å². The Labute approximate surface area is 155 Å². The molecule has 0 spiro atoms. The molecule has 1 N–H and O–H groups in total. The van der Waals surface area contributed by atoms with Gasteiger partial charge in [-0.2, -0.15) is 0 Å². The molecule has 0 bridgehead atoms. The lowest BCUT2D eigenvalue weighted by Crippen LogP contribution is -2.47. The Morgan fingerprint density at radius 2 is 2.15 bits per heavy atom. The summed E-state index contributed by atoms with van der Waals surface area (Å²) in [4.78, 5) is 20.8. The summed E-state index contributed by atoms with van der Waals surface area (Å²) in [5.41, 5.74) is 3.96. The average Bonchev–Trinajstić information content (AvgIpc) is 2.97. The number of fused-ring (bicyclic) bond motifs is 3. The number of benzene rings is 1. The predicted octanol–water partition coefficient (Wildman–Crippen LogP) is 3.18. The van der Waals surface area contributed by atoms with Crippen LogP contribution in [0.2, 0.25) is 0 Å². The Hall–Kier alpha value is -2.01. The Bertz CT molecular complexity index is 824. The highest BCUT2D eigenvalue weighted by atomic mass is 16.5. The molecule has 4 rings (SSSR count). The Kier molecular flexibility index (Phi) is 4.43. The summed E-state index contributed by atoms with van der Waals surface area (Å²) in [6.07, 6.45) is 3.33. The van der Waals surface area contributed by atoms with Gasteiger partial charge in [-0.3, -0.25) is 9.69 Å². The lowest BCUT2D eigenvalue weighted by Gasteiger charge is -2.38. The van der Waals surface area contributed by atoms with Gasteiger partial charge in [0.05, 0.1) is 13.7 Å². The largest absolute Gasteiger partial charge is 0.497 e. The number of aromatic amines is 1. The van der Waals surface area contributed by atoms with Gasteiger partial charge in [0.1, 0.15) is 5.75 Å². The molecule has 0 aliphatic carbocycles. The summed E-state index contributed by atoms with van der Waals surface area (Å²) in [6, 6.07) is 6.12. The molecular formula is C21H29N3O2. The third-order valence-corrected chi connectivity index (χ3v) is 5.87. The number of amides is 1. The maximum Gasteiger partial charge on any atom is 0.237 e. The van der Waals surface area contributed by atoms with Gasteiger partial charge in [-0.1, -0.05) is 13.8 Å². The Morgan fingerprint density at radius 1 is 1.31 bits per heavy atom. The van der Waals surface area contributed by atoms with E-state index in [1.54, 1.807) is 7.11 Å². The number of carbonyl (C=O) groups is 1. The minimum atomic E-state index is 0.255. The lowest BCUT2D eigenvalue weighted by molar-refractivity contribution is -0.134. The van der Waals surface area contributed by atoms with Crippen LogP contribution in [0.25, 0.3) is 10.9 Å². The molecule has 140 valence electrons.